The summed E-state index contributed by atoms with van der Waals surface area (Å²) in [6.45, 7) is 7.15. The van der Waals surface area contributed by atoms with Crippen molar-refractivity contribution in [1.82, 2.24) is 4.98 Å². The summed E-state index contributed by atoms with van der Waals surface area (Å²) in [7, 11) is 0. The number of anilines is 2. The molecule has 3 rings (SSSR count). The molecule has 0 unspecified atom stereocenters. The molecule has 5 heteroatoms. The van der Waals surface area contributed by atoms with E-state index in [1.807, 2.05) is 0 Å². The Kier molecular flexibility index (Phi) is 3.84. The Morgan fingerprint density at radius 2 is 2.05 bits per heavy atom. The molecule has 2 saturated heterocycles. The van der Waals surface area contributed by atoms with Gasteiger partial charge in [-0.3, -0.25) is 0 Å². The second-order valence-electron chi connectivity index (χ2n) is 5.19. The summed E-state index contributed by atoms with van der Waals surface area (Å²) < 4.78 is 10.8. The van der Waals surface area contributed by atoms with Gasteiger partial charge in [0.25, 0.3) is 0 Å². The van der Waals surface area contributed by atoms with E-state index in [-0.39, 0.29) is 0 Å². The third-order valence-corrected chi connectivity index (χ3v) is 3.57. The number of aromatic nitrogens is 1. The van der Waals surface area contributed by atoms with Crippen LogP contribution in [0.2, 0.25) is 0 Å². The maximum atomic E-state index is 5.39. The molecular formula is C14H21N3O2. The van der Waals surface area contributed by atoms with Crippen LogP contribution in [-0.2, 0) is 9.47 Å². The fourth-order valence-electron chi connectivity index (χ4n) is 2.53. The molecule has 2 aliphatic rings. The van der Waals surface area contributed by atoms with Crippen LogP contribution in [0, 0.1) is 6.92 Å². The van der Waals surface area contributed by atoms with E-state index in [9.17, 15) is 0 Å². The minimum Gasteiger partial charge on any atom is -0.379 e. The monoisotopic (exact) mass is 263 g/mol. The van der Waals surface area contributed by atoms with Gasteiger partial charge >= 0.3 is 0 Å². The maximum Gasteiger partial charge on any atom is 0.131 e. The third-order valence-electron chi connectivity index (χ3n) is 3.57. The van der Waals surface area contributed by atoms with Crippen LogP contribution in [0.3, 0.4) is 0 Å². The number of nitrogens with one attached hydrogen (secondary N) is 1. The van der Waals surface area contributed by atoms with Crippen molar-refractivity contribution >= 4 is 11.6 Å². The number of hydrogen-bond donors (Lipinski definition) is 1. The molecule has 0 aliphatic carbocycles. The first-order valence-corrected chi connectivity index (χ1v) is 6.97. The van der Waals surface area contributed by atoms with E-state index in [4.69, 9.17) is 14.5 Å². The first-order valence-electron chi connectivity index (χ1n) is 6.97. The van der Waals surface area contributed by atoms with Crippen LogP contribution in [0.25, 0.3) is 0 Å². The number of rotatable bonds is 3. The Morgan fingerprint density at radius 3 is 2.79 bits per heavy atom. The summed E-state index contributed by atoms with van der Waals surface area (Å²) in [5, 5.41) is 3.47. The largest absolute Gasteiger partial charge is 0.379 e. The Labute approximate surface area is 113 Å². The molecule has 1 N–H and O–H groups in total. The SMILES string of the molecule is Cc1cc(N[C@H]2CCOC2)nc(N2CCOCC2)c1. The van der Waals surface area contributed by atoms with Crippen molar-refractivity contribution in [2.45, 2.75) is 19.4 Å². The molecule has 0 aromatic carbocycles. The minimum absolute atomic E-state index is 0.395. The zero-order valence-corrected chi connectivity index (χ0v) is 11.4. The lowest BCUT2D eigenvalue weighted by Gasteiger charge is -2.28. The number of nitrogens with zero attached hydrogens (tertiary/aromatic N) is 2. The van der Waals surface area contributed by atoms with Gasteiger partial charge in [-0.05, 0) is 31.0 Å². The molecule has 19 heavy (non-hydrogen) atoms. The number of morpholine rings is 1. The van der Waals surface area contributed by atoms with E-state index in [1.165, 1.54) is 5.56 Å². The number of ether oxygens (including phenoxy) is 2. The van der Waals surface area contributed by atoms with Crippen LogP contribution in [0.4, 0.5) is 11.6 Å². The first kappa shape index (κ1) is 12.7. The van der Waals surface area contributed by atoms with Crippen molar-refractivity contribution < 1.29 is 9.47 Å². The number of hydrogen-bond acceptors (Lipinski definition) is 5. The predicted molar refractivity (Wildman–Crippen MR) is 74.9 cm³/mol. The van der Waals surface area contributed by atoms with Gasteiger partial charge < -0.3 is 19.7 Å². The van der Waals surface area contributed by atoms with Crippen molar-refractivity contribution in [2.24, 2.45) is 0 Å². The quantitative estimate of drug-likeness (QED) is 0.894. The Morgan fingerprint density at radius 1 is 1.21 bits per heavy atom. The Hall–Kier alpha value is -1.33. The van der Waals surface area contributed by atoms with Gasteiger partial charge in [-0.1, -0.05) is 0 Å². The molecule has 0 spiro atoms. The van der Waals surface area contributed by atoms with Crippen molar-refractivity contribution in [3.05, 3.63) is 17.7 Å². The first-order chi connectivity index (χ1) is 9.31. The van der Waals surface area contributed by atoms with E-state index in [1.54, 1.807) is 0 Å². The van der Waals surface area contributed by atoms with E-state index in [0.29, 0.717) is 6.04 Å². The molecule has 1 atom stereocenters. The normalized spacial score (nSPS) is 23.6. The number of aryl methyl sites for hydroxylation is 1. The van der Waals surface area contributed by atoms with Crippen LogP contribution in [-0.4, -0.2) is 50.5 Å². The highest BCUT2D eigenvalue weighted by molar-refractivity contribution is 5.51. The topological polar surface area (TPSA) is 46.6 Å². The number of pyridine rings is 1. The predicted octanol–water partition coefficient (Wildman–Crippen LogP) is 1.43. The molecule has 0 saturated carbocycles. The molecule has 0 radical (unpaired) electrons. The van der Waals surface area contributed by atoms with E-state index < -0.39 is 0 Å². The molecule has 1 aromatic rings. The van der Waals surface area contributed by atoms with E-state index >= 15 is 0 Å². The smallest absolute Gasteiger partial charge is 0.131 e. The van der Waals surface area contributed by atoms with Crippen LogP contribution < -0.4 is 10.2 Å². The van der Waals surface area contributed by atoms with Gasteiger partial charge in [0, 0.05) is 19.7 Å². The maximum absolute atomic E-state index is 5.39. The standard InChI is InChI=1S/C14H21N3O2/c1-11-8-13(15-12-2-5-19-10-12)16-14(9-11)17-3-6-18-7-4-17/h8-9,12H,2-7,10H2,1H3,(H,15,16)/t12-/m0/s1. The van der Waals surface area contributed by atoms with Gasteiger partial charge in [0.1, 0.15) is 11.6 Å². The van der Waals surface area contributed by atoms with Crippen LogP contribution >= 0.6 is 0 Å². The lowest BCUT2D eigenvalue weighted by atomic mass is 10.2. The van der Waals surface area contributed by atoms with Gasteiger partial charge in [0.15, 0.2) is 0 Å². The average Bonchev–Trinajstić information content (AvgIpc) is 2.92. The molecule has 0 bridgehead atoms. The summed E-state index contributed by atoms with van der Waals surface area (Å²) in [6, 6.07) is 4.64. The zero-order chi connectivity index (χ0) is 13.1. The van der Waals surface area contributed by atoms with Crippen molar-refractivity contribution in [2.75, 3.05) is 49.7 Å². The van der Waals surface area contributed by atoms with Crippen LogP contribution in [0.15, 0.2) is 12.1 Å². The highest BCUT2D eigenvalue weighted by atomic mass is 16.5. The lowest BCUT2D eigenvalue weighted by molar-refractivity contribution is 0.122. The Balaban J connectivity index is 1.74. The third kappa shape index (κ3) is 3.16. The Bertz CT molecular complexity index is 427. The highest BCUT2D eigenvalue weighted by Gasteiger charge is 2.17. The second-order valence-corrected chi connectivity index (χ2v) is 5.19. The second kappa shape index (κ2) is 5.75. The molecule has 2 fully saturated rings. The summed E-state index contributed by atoms with van der Waals surface area (Å²) in [5.41, 5.74) is 1.23. The zero-order valence-electron chi connectivity index (χ0n) is 11.4. The van der Waals surface area contributed by atoms with Crippen LogP contribution in [0.1, 0.15) is 12.0 Å². The van der Waals surface area contributed by atoms with Gasteiger partial charge in [0.2, 0.25) is 0 Å². The van der Waals surface area contributed by atoms with Crippen molar-refractivity contribution in [3.8, 4) is 0 Å². The van der Waals surface area contributed by atoms with Crippen LogP contribution in [0.5, 0.6) is 0 Å². The highest BCUT2D eigenvalue weighted by Crippen LogP contribution is 2.20. The fourth-order valence-corrected chi connectivity index (χ4v) is 2.53. The fraction of sp³-hybridized carbons (Fsp3) is 0.643. The molecule has 3 heterocycles. The van der Waals surface area contributed by atoms with E-state index in [2.05, 4.69) is 29.3 Å². The van der Waals surface area contributed by atoms with Gasteiger partial charge in [-0.2, -0.15) is 0 Å². The molecule has 104 valence electrons. The minimum atomic E-state index is 0.395. The lowest BCUT2D eigenvalue weighted by Crippen LogP contribution is -2.37. The van der Waals surface area contributed by atoms with E-state index in [0.717, 1.165) is 57.6 Å². The molecular weight excluding hydrogens is 242 g/mol. The molecule has 5 nitrogen and oxygen atoms in total. The summed E-state index contributed by atoms with van der Waals surface area (Å²) in [6.07, 6.45) is 1.06. The average molecular weight is 263 g/mol. The summed E-state index contributed by atoms with van der Waals surface area (Å²) >= 11 is 0. The van der Waals surface area contributed by atoms with Gasteiger partial charge in [-0.25, -0.2) is 4.98 Å². The van der Waals surface area contributed by atoms with Gasteiger partial charge in [0.05, 0.1) is 25.9 Å². The summed E-state index contributed by atoms with van der Waals surface area (Å²) in [4.78, 5) is 7.01. The molecule has 1 aromatic heterocycles. The van der Waals surface area contributed by atoms with Crippen molar-refractivity contribution in [1.29, 1.82) is 0 Å². The van der Waals surface area contributed by atoms with Gasteiger partial charge in [-0.15, -0.1) is 0 Å². The molecule has 2 aliphatic heterocycles. The van der Waals surface area contributed by atoms with Crippen molar-refractivity contribution in [3.63, 3.8) is 0 Å². The summed E-state index contributed by atoms with van der Waals surface area (Å²) in [5.74, 6) is 2.00. The molecule has 0 amide bonds.